The van der Waals surface area contributed by atoms with E-state index < -0.39 is 0 Å². The van der Waals surface area contributed by atoms with Gasteiger partial charge in [-0.25, -0.2) is 0 Å². The standard InChI is InChI=1S/C12H17NO2/c1-10-4-3-5-12(8-10)9-13-6-7-15-11(2)14/h3-5,8,13H,6-7,9H2,1-2H3. The topological polar surface area (TPSA) is 38.3 Å². The molecular weight excluding hydrogens is 190 g/mol. The van der Waals surface area contributed by atoms with E-state index in [0.717, 1.165) is 6.54 Å². The number of benzene rings is 1. The zero-order valence-electron chi connectivity index (χ0n) is 9.25. The van der Waals surface area contributed by atoms with Gasteiger partial charge in [0.2, 0.25) is 0 Å². The maximum Gasteiger partial charge on any atom is 0.302 e. The van der Waals surface area contributed by atoms with Gasteiger partial charge in [-0.2, -0.15) is 0 Å². The number of ether oxygens (including phenoxy) is 1. The Morgan fingerprint density at radius 2 is 2.27 bits per heavy atom. The van der Waals surface area contributed by atoms with Gasteiger partial charge in [-0.05, 0) is 12.5 Å². The second-order valence-corrected chi connectivity index (χ2v) is 3.51. The van der Waals surface area contributed by atoms with Crippen LogP contribution in [0.15, 0.2) is 24.3 Å². The van der Waals surface area contributed by atoms with Crippen LogP contribution in [0.4, 0.5) is 0 Å². The average molecular weight is 207 g/mol. The number of rotatable bonds is 5. The zero-order valence-corrected chi connectivity index (χ0v) is 9.25. The van der Waals surface area contributed by atoms with E-state index in [1.807, 2.05) is 6.07 Å². The van der Waals surface area contributed by atoms with Crippen LogP contribution in [0.5, 0.6) is 0 Å². The molecule has 1 rings (SSSR count). The minimum atomic E-state index is -0.229. The lowest BCUT2D eigenvalue weighted by molar-refractivity contribution is -0.140. The summed E-state index contributed by atoms with van der Waals surface area (Å²) < 4.78 is 4.80. The molecule has 0 radical (unpaired) electrons. The van der Waals surface area contributed by atoms with Crippen LogP contribution in [0, 0.1) is 6.92 Å². The van der Waals surface area contributed by atoms with E-state index in [1.54, 1.807) is 0 Å². The fourth-order valence-electron chi connectivity index (χ4n) is 1.32. The van der Waals surface area contributed by atoms with Gasteiger partial charge in [-0.15, -0.1) is 0 Å². The van der Waals surface area contributed by atoms with Crippen molar-refractivity contribution in [3.8, 4) is 0 Å². The molecule has 1 N–H and O–H groups in total. The first-order chi connectivity index (χ1) is 7.18. The van der Waals surface area contributed by atoms with Gasteiger partial charge in [0.1, 0.15) is 6.61 Å². The lowest BCUT2D eigenvalue weighted by Gasteiger charge is -2.05. The Hall–Kier alpha value is -1.35. The Morgan fingerprint density at radius 1 is 1.47 bits per heavy atom. The van der Waals surface area contributed by atoms with Crippen molar-refractivity contribution in [2.75, 3.05) is 13.2 Å². The van der Waals surface area contributed by atoms with Gasteiger partial charge in [-0.3, -0.25) is 4.79 Å². The van der Waals surface area contributed by atoms with Crippen molar-refractivity contribution in [3.05, 3.63) is 35.4 Å². The highest BCUT2D eigenvalue weighted by Gasteiger charge is 1.94. The third kappa shape index (κ3) is 5.18. The first-order valence-electron chi connectivity index (χ1n) is 5.08. The van der Waals surface area contributed by atoms with Crippen LogP contribution in [-0.4, -0.2) is 19.1 Å². The van der Waals surface area contributed by atoms with Crippen molar-refractivity contribution in [2.45, 2.75) is 20.4 Å². The largest absolute Gasteiger partial charge is 0.465 e. The summed E-state index contributed by atoms with van der Waals surface area (Å²) in [4.78, 5) is 10.5. The van der Waals surface area contributed by atoms with Gasteiger partial charge in [0.15, 0.2) is 0 Å². The SMILES string of the molecule is CC(=O)OCCNCc1cccc(C)c1. The zero-order chi connectivity index (χ0) is 11.1. The van der Waals surface area contributed by atoms with Gasteiger partial charge < -0.3 is 10.1 Å². The lowest BCUT2D eigenvalue weighted by Crippen LogP contribution is -2.20. The van der Waals surface area contributed by atoms with Crippen LogP contribution >= 0.6 is 0 Å². The smallest absolute Gasteiger partial charge is 0.302 e. The van der Waals surface area contributed by atoms with E-state index in [9.17, 15) is 4.79 Å². The third-order valence-electron chi connectivity index (χ3n) is 2.00. The number of nitrogens with one attached hydrogen (secondary N) is 1. The van der Waals surface area contributed by atoms with Crippen LogP contribution in [-0.2, 0) is 16.1 Å². The maximum atomic E-state index is 10.5. The van der Waals surface area contributed by atoms with Gasteiger partial charge in [-0.1, -0.05) is 29.8 Å². The number of esters is 1. The highest BCUT2D eigenvalue weighted by molar-refractivity contribution is 5.65. The molecule has 1 aromatic carbocycles. The molecule has 0 spiro atoms. The maximum absolute atomic E-state index is 10.5. The van der Waals surface area contributed by atoms with Crippen LogP contribution in [0.1, 0.15) is 18.1 Å². The molecule has 1 aromatic rings. The van der Waals surface area contributed by atoms with Gasteiger partial charge in [0.25, 0.3) is 0 Å². The number of aryl methyl sites for hydroxylation is 1. The Balaban J connectivity index is 2.17. The molecule has 0 saturated heterocycles. The highest BCUT2D eigenvalue weighted by atomic mass is 16.5. The summed E-state index contributed by atoms with van der Waals surface area (Å²) in [5.41, 5.74) is 2.51. The van der Waals surface area contributed by atoms with E-state index in [1.165, 1.54) is 18.1 Å². The average Bonchev–Trinajstić information content (AvgIpc) is 2.17. The normalized spacial score (nSPS) is 10.0. The molecule has 0 amide bonds. The van der Waals surface area contributed by atoms with Gasteiger partial charge in [0, 0.05) is 20.0 Å². The predicted molar refractivity (Wildman–Crippen MR) is 59.5 cm³/mol. The minimum Gasteiger partial charge on any atom is -0.465 e. The van der Waals surface area contributed by atoms with Gasteiger partial charge >= 0.3 is 5.97 Å². The fraction of sp³-hybridized carbons (Fsp3) is 0.417. The summed E-state index contributed by atoms with van der Waals surface area (Å²) in [5.74, 6) is -0.229. The molecule has 3 nitrogen and oxygen atoms in total. The number of carbonyl (C=O) groups is 1. The Kier molecular flexibility index (Phi) is 4.84. The van der Waals surface area contributed by atoms with Crippen LogP contribution < -0.4 is 5.32 Å². The van der Waals surface area contributed by atoms with Crippen LogP contribution in [0.25, 0.3) is 0 Å². The summed E-state index contributed by atoms with van der Waals surface area (Å²) in [6.07, 6.45) is 0. The molecule has 3 heteroatoms. The summed E-state index contributed by atoms with van der Waals surface area (Å²) in [7, 11) is 0. The van der Waals surface area contributed by atoms with E-state index in [0.29, 0.717) is 13.2 Å². The molecule has 0 aliphatic heterocycles. The second kappa shape index (κ2) is 6.19. The van der Waals surface area contributed by atoms with Crippen molar-refractivity contribution < 1.29 is 9.53 Å². The second-order valence-electron chi connectivity index (χ2n) is 3.51. The Morgan fingerprint density at radius 3 is 2.93 bits per heavy atom. The van der Waals surface area contributed by atoms with Crippen molar-refractivity contribution in [2.24, 2.45) is 0 Å². The number of hydrogen-bond donors (Lipinski definition) is 1. The van der Waals surface area contributed by atoms with Crippen molar-refractivity contribution in [3.63, 3.8) is 0 Å². The summed E-state index contributed by atoms with van der Waals surface area (Å²) >= 11 is 0. The first kappa shape index (κ1) is 11.7. The summed E-state index contributed by atoms with van der Waals surface area (Å²) in [6.45, 7) is 5.42. The molecule has 15 heavy (non-hydrogen) atoms. The Labute approximate surface area is 90.4 Å². The highest BCUT2D eigenvalue weighted by Crippen LogP contribution is 2.02. The minimum absolute atomic E-state index is 0.229. The Bertz CT molecular complexity index is 323. The molecule has 0 bridgehead atoms. The summed E-state index contributed by atoms with van der Waals surface area (Å²) in [5, 5.41) is 3.21. The summed E-state index contributed by atoms with van der Waals surface area (Å²) in [6, 6.07) is 8.32. The third-order valence-corrected chi connectivity index (χ3v) is 2.00. The van der Waals surface area contributed by atoms with Crippen molar-refractivity contribution in [1.29, 1.82) is 0 Å². The van der Waals surface area contributed by atoms with E-state index in [2.05, 4.69) is 30.4 Å². The molecule has 82 valence electrons. The lowest BCUT2D eigenvalue weighted by atomic mass is 10.1. The predicted octanol–water partition coefficient (Wildman–Crippen LogP) is 1.65. The van der Waals surface area contributed by atoms with Crippen molar-refractivity contribution in [1.82, 2.24) is 5.32 Å². The fourth-order valence-corrected chi connectivity index (χ4v) is 1.32. The molecule has 0 heterocycles. The number of carbonyl (C=O) groups excluding carboxylic acids is 1. The molecule has 0 aromatic heterocycles. The molecule has 0 fully saturated rings. The monoisotopic (exact) mass is 207 g/mol. The molecular formula is C12H17NO2. The molecule has 0 aliphatic carbocycles. The van der Waals surface area contributed by atoms with E-state index >= 15 is 0 Å². The molecule has 0 unspecified atom stereocenters. The van der Waals surface area contributed by atoms with Crippen LogP contribution in [0.3, 0.4) is 0 Å². The molecule has 0 saturated carbocycles. The van der Waals surface area contributed by atoms with E-state index in [-0.39, 0.29) is 5.97 Å². The molecule has 0 atom stereocenters. The van der Waals surface area contributed by atoms with Crippen LogP contribution in [0.2, 0.25) is 0 Å². The van der Waals surface area contributed by atoms with E-state index in [4.69, 9.17) is 4.74 Å². The number of hydrogen-bond acceptors (Lipinski definition) is 3. The van der Waals surface area contributed by atoms with Crippen molar-refractivity contribution >= 4 is 5.97 Å². The first-order valence-corrected chi connectivity index (χ1v) is 5.08. The quantitative estimate of drug-likeness (QED) is 0.589. The van der Waals surface area contributed by atoms with Gasteiger partial charge in [0.05, 0.1) is 0 Å². The molecule has 0 aliphatic rings.